The molecule has 25 heavy (non-hydrogen) atoms. The van der Waals surface area contributed by atoms with Crippen molar-refractivity contribution in [2.24, 2.45) is 0 Å². The third kappa shape index (κ3) is 4.98. The van der Waals surface area contributed by atoms with Gasteiger partial charge in [-0.1, -0.05) is 23.2 Å². The number of benzene rings is 1. The zero-order valence-corrected chi connectivity index (χ0v) is 14.9. The van der Waals surface area contributed by atoms with Crippen LogP contribution in [0.3, 0.4) is 0 Å². The monoisotopic (exact) mass is 384 g/mol. The molecular formula is C16H14Cl2N2O5. The van der Waals surface area contributed by atoms with Gasteiger partial charge in [0.1, 0.15) is 17.1 Å². The first-order chi connectivity index (χ1) is 11.9. The summed E-state index contributed by atoms with van der Waals surface area (Å²) in [4.78, 5) is 27.9. The average Bonchev–Trinajstić information content (AvgIpc) is 2.61. The summed E-state index contributed by atoms with van der Waals surface area (Å²) in [5, 5.41) is 2.92. The van der Waals surface area contributed by atoms with Crippen LogP contribution in [0.2, 0.25) is 10.0 Å². The average molecular weight is 385 g/mol. The predicted molar refractivity (Wildman–Crippen MR) is 92.7 cm³/mol. The number of aromatic nitrogens is 1. The van der Waals surface area contributed by atoms with Gasteiger partial charge in [0.2, 0.25) is 0 Å². The number of ether oxygens (including phenoxy) is 3. The first-order valence-corrected chi connectivity index (χ1v) is 7.70. The number of methoxy groups -OCH3 is 2. The molecule has 0 spiro atoms. The fraction of sp³-hybridized carbons (Fsp3) is 0.188. The molecule has 1 aromatic carbocycles. The van der Waals surface area contributed by atoms with Crippen molar-refractivity contribution in [1.82, 2.24) is 4.98 Å². The lowest BCUT2D eigenvalue weighted by Gasteiger charge is -2.10. The predicted octanol–water partition coefficient (Wildman–Crippen LogP) is 3.20. The normalized spacial score (nSPS) is 10.1. The van der Waals surface area contributed by atoms with Crippen LogP contribution in [-0.2, 0) is 9.53 Å². The third-order valence-electron chi connectivity index (χ3n) is 3.03. The van der Waals surface area contributed by atoms with Gasteiger partial charge in [-0.05, 0) is 24.3 Å². The molecule has 0 saturated heterocycles. The molecule has 0 unspecified atom stereocenters. The number of amides is 1. The van der Waals surface area contributed by atoms with E-state index in [1.165, 1.54) is 32.5 Å². The number of pyridine rings is 1. The van der Waals surface area contributed by atoms with Crippen LogP contribution < -0.4 is 14.8 Å². The molecule has 132 valence electrons. The molecule has 0 aliphatic rings. The van der Waals surface area contributed by atoms with Crippen LogP contribution in [0.1, 0.15) is 10.4 Å². The Balaban J connectivity index is 2.00. The number of hydrogen-bond donors (Lipinski definition) is 1. The second-order valence-electron chi connectivity index (χ2n) is 4.67. The molecule has 0 aliphatic heterocycles. The zero-order chi connectivity index (χ0) is 18.4. The van der Waals surface area contributed by atoms with Gasteiger partial charge in [0.05, 0.1) is 24.3 Å². The van der Waals surface area contributed by atoms with Crippen LogP contribution in [0.15, 0.2) is 30.5 Å². The van der Waals surface area contributed by atoms with E-state index in [1.54, 1.807) is 12.1 Å². The van der Waals surface area contributed by atoms with Crippen LogP contribution in [-0.4, -0.2) is 37.7 Å². The number of nitrogens with one attached hydrogen (secondary N) is 1. The van der Waals surface area contributed by atoms with Crippen LogP contribution in [0.25, 0.3) is 0 Å². The van der Waals surface area contributed by atoms with Gasteiger partial charge in [0.25, 0.3) is 5.91 Å². The molecule has 1 amide bonds. The van der Waals surface area contributed by atoms with Gasteiger partial charge in [-0.3, -0.25) is 4.79 Å². The van der Waals surface area contributed by atoms with E-state index in [-0.39, 0.29) is 16.4 Å². The van der Waals surface area contributed by atoms with E-state index in [2.05, 4.69) is 10.3 Å². The van der Waals surface area contributed by atoms with Gasteiger partial charge >= 0.3 is 5.97 Å². The van der Waals surface area contributed by atoms with E-state index in [4.69, 9.17) is 37.4 Å². The summed E-state index contributed by atoms with van der Waals surface area (Å²) in [7, 11) is 2.88. The summed E-state index contributed by atoms with van der Waals surface area (Å²) in [6.45, 7) is -0.528. The molecule has 0 aliphatic carbocycles. The number of hydrogen-bond acceptors (Lipinski definition) is 6. The first kappa shape index (κ1) is 18.8. The summed E-state index contributed by atoms with van der Waals surface area (Å²) in [5.74, 6) is -0.470. The van der Waals surface area contributed by atoms with Gasteiger partial charge in [0.15, 0.2) is 12.4 Å². The fourth-order valence-corrected chi connectivity index (χ4v) is 2.28. The van der Waals surface area contributed by atoms with Gasteiger partial charge in [-0.15, -0.1) is 0 Å². The molecule has 2 aromatic rings. The molecule has 7 nitrogen and oxygen atoms in total. The molecule has 1 heterocycles. The number of rotatable bonds is 6. The standard InChI is InChI=1S/C16H14Cl2N2O5/c1-23-10-3-4-13(24-2)11(6-10)16(22)25-8-14(21)20-15-12(18)5-9(17)7-19-15/h3-7H,8H2,1-2H3,(H,19,20,21). The molecule has 0 radical (unpaired) electrons. The second kappa shape index (κ2) is 8.55. The minimum atomic E-state index is -0.735. The molecule has 0 bridgehead atoms. The maximum atomic E-state index is 12.2. The van der Waals surface area contributed by atoms with Crippen LogP contribution in [0.5, 0.6) is 11.5 Å². The topological polar surface area (TPSA) is 86.8 Å². The summed E-state index contributed by atoms with van der Waals surface area (Å²) in [6, 6.07) is 6.08. The Morgan fingerprint density at radius 3 is 2.56 bits per heavy atom. The highest BCUT2D eigenvalue weighted by Crippen LogP contribution is 2.25. The summed E-state index contributed by atoms with van der Waals surface area (Å²) in [5.41, 5.74) is 0.136. The quantitative estimate of drug-likeness (QED) is 0.769. The Kier molecular flexibility index (Phi) is 6.44. The maximum Gasteiger partial charge on any atom is 0.342 e. The number of carbonyl (C=O) groups is 2. The molecular weight excluding hydrogens is 371 g/mol. The van der Waals surface area contributed by atoms with Crippen molar-refractivity contribution in [3.63, 3.8) is 0 Å². The molecule has 0 atom stereocenters. The van der Waals surface area contributed by atoms with Crippen LogP contribution in [0, 0.1) is 0 Å². The van der Waals surface area contributed by atoms with E-state index in [0.29, 0.717) is 16.5 Å². The summed E-state index contributed by atoms with van der Waals surface area (Å²) < 4.78 is 15.1. The Bertz CT molecular complexity index is 798. The van der Waals surface area contributed by atoms with Gasteiger partial charge < -0.3 is 19.5 Å². The van der Waals surface area contributed by atoms with E-state index in [9.17, 15) is 9.59 Å². The van der Waals surface area contributed by atoms with Crippen LogP contribution >= 0.6 is 23.2 Å². The lowest BCUT2D eigenvalue weighted by Crippen LogP contribution is -2.21. The number of nitrogens with zero attached hydrogens (tertiary/aromatic N) is 1. The lowest BCUT2D eigenvalue weighted by molar-refractivity contribution is -0.119. The van der Waals surface area contributed by atoms with Crippen molar-refractivity contribution in [3.8, 4) is 11.5 Å². The van der Waals surface area contributed by atoms with Crippen LogP contribution in [0.4, 0.5) is 5.82 Å². The highest BCUT2D eigenvalue weighted by atomic mass is 35.5. The van der Waals surface area contributed by atoms with Gasteiger partial charge in [-0.25, -0.2) is 9.78 Å². The molecule has 1 aromatic heterocycles. The number of anilines is 1. The molecule has 1 N–H and O–H groups in total. The van der Waals surface area contributed by atoms with Crippen molar-refractivity contribution in [2.45, 2.75) is 0 Å². The van der Waals surface area contributed by atoms with Crippen molar-refractivity contribution >= 4 is 40.9 Å². The SMILES string of the molecule is COc1ccc(OC)c(C(=O)OCC(=O)Nc2ncc(Cl)cc2Cl)c1. The number of halogens is 2. The van der Waals surface area contributed by atoms with E-state index >= 15 is 0 Å². The largest absolute Gasteiger partial charge is 0.497 e. The smallest absolute Gasteiger partial charge is 0.342 e. The zero-order valence-electron chi connectivity index (χ0n) is 13.3. The Morgan fingerprint density at radius 1 is 1.16 bits per heavy atom. The van der Waals surface area contributed by atoms with E-state index in [1.807, 2.05) is 0 Å². The van der Waals surface area contributed by atoms with Crippen molar-refractivity contribution in [3.05, 3.63) is 46.1 Å². The minimum Gasteiger partial charge on any atom is -0.497 e. The van der Waals surface area contributed by atoms with E-state index in [0.717, 1.165) is 0 Å². The number of esters is 1. The lowest BCUT2D eigenvalue weighted by atomic mass is 10.2. The highest BCUT2D eigenvalue weighted by molar-refractivity contribution is 6.36. The maximum absolute atomic E-state index is 12.2. The fourth-order valence-electron chi connectivity index (χ4n) is 1.86. The van der Waals surface area contributed by atoms with Gasteiger partial charge in [-0.2, -0.15) is 0 Å². The van der Waals surface area contributed by atoms with Crippen molar-refractivity contribution in [2.75, 3.05) is 26.1 Å². The Labute approximate surface area is 153 Å². The molecule has 0 fully saturated rings. The third-order valence-corrected chi connectivity index (χ3v) is 3.52. The van der Waals surface area contributed by atoms with E-state index < -0.39 is 18.5 Å². The molecule has 0 saturated carbocycles. The molecule has 9 heteroatoms. The Hall–Kier alpha value is -2.51. The summed E-state index contributed by atoms with van der Waals surface area (Å²) >= 11 is 11.6. The van der Waals surface area contributed by atoms with Crippen molar-refractivity contribution in [1.29, 1.82) is 0 Å². The Morgan fingerprint density at radius 2 is 1.92 bits per heavy atom. The van der Waals surface area contributed by atoms with Gasteiger partial charge in [0, 0.05) is 6.20 Å². The highest BCUT2D eigenvalue weighted by Gasteiger charge is 2.17. The first-order valence-electron chi connectivity index (χ1n) is 6.94. The van der Waals surface area contributed by atoms with Crippen molar-refractivity contribution < 1.29 is 23.8 Å². The summed E-state index contributed by atoms with van der Waals surface area (Å²) in [6.07, 6.45) is 1.33. The molecule has 2 rings (SSSR count). The minimum absolute atomic E-state index is 0.117. The number of carbonyl (C=O) groups excluding carboxylic acids is 2. The second-order valence-corrected chi connectivity index (χ2v) is 5.52.